The summed E-state index contributed by atoms with van der Waals surface area (Å²) in [5, 5.41) is 3.32. The summed E-state index contributed by atoms with van der Waals surface area (Å²) in [5.41, 5.74) is 3.93. The Morgan fingerprint density at radius 2 is 2.21 bits per heavy atom. The molecule has 2 heterocycles. The number of hydrogen-bond acceptors (Lipinski definition) is 3. The first-order valence-electron chi connectivity index (χ1n) is 8.98. The van der Waals surface area contributed by atoms with Gasteiger partial charge in [-0.1, -0.05) is 24.3 Å². The Balaban J connectivity index is 1.41. The van der Waals surface area contributed by atoms with Crippen molar-refractivity contribution in [2.45, 2.75) is 50.9 Å². The maximum absolute atomic E-state index is 12.9. The molecule has 0 saturated carbocycles. The van der Waals surface area contributed by atoms with Gasteiger partial charge in [0, 0.05) is 36.5 Å². The van der Waals surface area contributed by atoms with Crippen molar-refractivity contribution in [2.24, 2.45) is 0 Å². The van der Waals surface area contributed by atoms with Crippen LogP contribution < -0.4 is 0 Å². The van der Waals surface area contributed by atoms with E-state index in [2.05, 4.69) is 39.5 Å². The Bertz CT molecular complexity index is 739. The molecule has 0 spiro atoms. The number of benzene rings is 1. The molecule has 1 saturated heterocycles. The molecule has 3 nitrogen and oxygen atoms in total. The minimum Gasteiger partial charge on any atom is -0.342 e. The topological polar surface area (TPSA) is 33.2 Å². The minimum atomic E-state index is 0.328. The molecular weight excluding hydrogens is 316 g/mol. The molecular formula is C20H24N2OS. The molecule has 0 radical (unpaired) electrons. The number of thiazole rings is 1. The van der Waals surface area contributed by atoms with Crippen molar-refractivity contribution < 1.29 is 4.79 Å². The molecule has 24 heavy (non-hydrogen) atoms. The Labute approximate surface area is 147 Å². The molecule has 2 aromatic rings. The molecule has 1 aliphatic heterocycles. The van der Waals surface area contributed by atoms with Gasteiger partial charge in [-0.25, -0.2) is 4.98 Å². The van der Waals surface area contributed by atoms with Crippen LogP contribution in [-0.2, 0) is 11.2 Å². The van der Waals surface area contributed by atoms with E-state index in [1.807, 2.05) is 6.92 Å². The summed E-state index contributed by atoms with van der Waals surface area (Å²) in [6, 6.07) is 8.62. The molecule has 1 aliphatic carbocycles. The van der Waals surface area contributed by atoms with Gasteiger partial charge in [-0.2, -0.15) is 0 Å². The van der Waals surface area contributed by atoms with E-state index in [-0.39, 0.29) is 0 Å². The van der Waals surface area contributed by atoms with Gasteiger partial charge in [0.15, 0.2) is 0 Å². The number of carbonyl (C=O) groups is 1. The van der Waals surface area contributed by atoms with Crippen LogP contribution in [-0.4, -0.2) is 28.9 Å². The number of aryl methyl sites for hydroxylation is 2. The Morgan fingerprint density at radius 1 is 1.33 bits per heavy atom. The molecule has 2 aliphatic rings. The van der Waals surface area contributed by atoms with Gasteiger partial charge in [0.1, 0.15) is 0 Å². The smallest absolute Gasteiger partial charge is 0.223 e. The molecule has 1 aromatic heterocycles. The summed E-state index contributed by atoms with van der Waals surface area (Å²) in [4.78, 5) is 19.6. The Kier molecular flexibility index (Phi) is 4.40. The Morgan fingerprint density at radius 3 is 3.04 bits per heavy atom. The van der Waals surface area contributed by atoms with Crippen LogP contribution in [0.5, 0.6) is 0 Å². The van der Waals surface area contributed by atoms with Crippen LogP contribution in [0.1, 0.15) is 59.3 Å². The zero-order valence-corrected chi connectivity index (χ0v) is 15.0. The van der Waals surface area contributed by atoms with Gasteiger partial charge in [-0.05, 0) is 49.7 Å². The summed E-state index contributed by atoms with van der Waals surface area (Å²) < 4.78 is 0. The number of piperidine rings is 1. The predicted octanol–water partition coefficient (Wildman–Crippen LogP) is 4.28. The van der Waals surface area contributed by atoms with Crippen LogP contribution in [0.15, 0.2) is 29.6 Å². The van der Waals surface area contributed by atoms with Gasteiger partial charge >= 0.3 is 0 Å². The largest absolute Gasteiger partial charge is 0.342 e. The van der Waals surface area contributed by atoms with Crippen molar-refractivity contribution in [1.29, 1.82) is 0 Å². The van der Waals surface area contributed by atoms with Crippen molar-refractivity contribution in [3.63, 3.8) is 0 Å². The first kappa shape index (κ1) is 15.8. The first-order valence-corrected chi connectivity index (χ1v) is 9.86. The fourth-order valence-corrected chi connectivity index (χ4v) is 5.09. The highest BCUT2D eigenvalue weighted by Gasteiger charge is 2.30. The summed E-state index contributed by atoms with van der Waals surface area (Å²) >= 11 is 1.74. The molecule has 4 heteroatoms. The maximum atomic E-state index is 12.9. The predicted molar refractivity (Wildman–Crippen MR) is 97.5 cm³/mol. The zero-order chi connectivity index (χ0) is 16.5. The second kappa shape index (κ2) is 6.67. The van der Waals surface area contributed by atoms with E-state index >= 15 is 0 Å². The molecule has 1 amide bonds. The lowest BCUT2D eigenvalue weighted by Crippen LogP contribution is -2.39. The minimum absolute atomic E-state index is 0.328. The standard InChI is InChI=1S/C20H24N2OS/c1-14-13-24-20(21-14)17-6-4-10-22(12-17)19(23)11-16-9-8-15-5-2-3-7-18(15)16/h2-3,5,7,13,16-17H,4,6,8-12H2,1H3/t16-,17+/m1/s1. The molecule has 0 unspecified atom stereocenters. The number of aromatic nitrogens is 1. The molecule has 2 atom stereocenters. The lowest BCUT2D eigenvalue weighted by Gasteiger charge is -2.32. The Hall–Kier alpha value is -1.68. The third-order valence-electron chi connectivity index (χ3n) is 5.44. The van der Waals surface area contributed by atoms with E-state index in [4.69, 9.17) is 0 Å². The third-order valence-corrected chi connectivity index (χ3v) is 6.56. The van der Waals surface area contributed by atoms with E-state index in [1.54, 1.807) is 11.3 Å². The summed E-state index contributed by atoms with van der Waals surface area (Å²) in [5.74, 6) is 1.17. The normalized spacial score (nSPS) is 23.3. The van der Waals surface area contributed by atoms with Crippen LogP contribution in [0.3, 0.4) is 0 Å². The lowest BCUT2D eigenvalue weighted by atomic mass is 9.94. The van der Waals surface area contributed by atoms with Gasteiger partial charge in [0.25, 0.3) is 0 Å². The number of likely N-dealkylation sites (tertiary alicyclic amines) is 1. The van der Waals surface area contributed by atoms with Gasteiger partial charge in [0.05, 0.1) is 5.01 Å². The summed E-state index contributed by atoms with van der Waals surface area (Å²) in [6.07, 6.45) is 5.16. The van der Waals surface area contributed by atoms with Gasteiger partial charge in [-0.15, -0.1) is 11.3 Å². The van der Waals surface area contributed by atoms with Crippen LogP contribution in [0.4, 0.5) is 0 Å². The van der Waals surface area contributed by atoms with Crippen molar-refractivity contribution >= 4 is 17.2 Å². The van der Waals surface area contributed by atoms with Crippen LogP contribution in [0.25, 0.3) is 0 Å². The first-order chi connectivity index (χ1) is 11.7. The number of amides is 1. The average molecular weight is 340 g/mol. The third kappa shape index (κ3) is 3.12. The van der Waals surface area contributed by atoms with E-state index in [1.165, 1.54) is 16.1 Å². The number of hydrogen-bond donors (Lipinski definition) is 0. The number of fused-ring (bicyclic) bond motifs is 1. The zero-order valence-electron chi connectivity index (χ0n) is 14.2. The van der Waals surface area contributed by atoms with Crippen molar-refractivity contribution in [2.75, 3.05) is 13.1 Å². The van der Waals surface area contributed by atoms with E-state index in [9.17, 15) is 4.79 Å². The van der Waals surface area contributed by atoms with Crippen molar-refractivity contribution in [1.82, 2.24) is 9.88 Å². The van der Waals surface area contributed by atoms with E-state index in [0.717, 1.165) is 44.5 Å². The quantitative estimate of drug-likeness (QED) is 0.835. The van der Waals surface area contributed by atoms with Crippen LogP contribution >= 0.6 is 11.3 Å². The fraction of sp³-hybridized carbons (Fsp3) is 0.500. The highest BCUT2D eigenvalue weighted by molar-refractivity contribution is 7.09. The van der Waals surface area contributed by atoms with E-state index in [0.29, 0.717) is 24.2 Å². The van der Waals surface area contributed by atoms with Crippen molar-refractivity contribution in [3.05, 3.63) is 51.5 Å². The average Bonchev–Trinajstić information content (AvgIpc) is 3.22. The van der Waals surface area contributed by atoms with Gasteiger partial charge in [0.2, 0.25) is 5.91 Å². The molecule has 0 bridgehead atoms. The number of rotatable bonds is 3. The van der Waals surface area contributed by atoms with Crippen LogP contribution in [0.2, 0.25) is 0 Å². The van der Waals surface area contributed by atoms with Crippen LogP contribution in [0, 0.1) is 6.92 Å². The van der Waals surface area contributed by atoms with E-state index < -0.39 is 0 Å². The second-order valence-electron chi connectivity index (χ2n) is 7.14. The highest BCUT2D eigenvalue weighted by Crippen LogP contribution is 2.36. The summed E-state index contributed by atoms with van der Waals surface area (Å²) in [6.45, 7) is 3.80. The van der Waals surface area contributed by atoms with Crippen molar-refractivity contribution in [3.8, 4) is 0 Å². The molecule has 1 aromatic carbocycles. The maximum Gasteiger partial charge on any atom is 0.223 e. The SMILES string of the molecule is Cc1csc([C@H]2CCCN(C(=O)C[C@H]3CCc4ccccc43)C2)n1. The van der Waals surface area contributed by atoms with Gasteiger partial charge in [-0.3, -0.25) is 4.79 Å². The van der Waals surface area contributed by atoms with Gasteiger partial charge < -0.3 is 4.90 Å². The lowest BCUT2D eigenvalue weighted by molar-refractivity contribution is -0.132. The number of carbonyl (C=O) groups excluding carboxylic acids is 1. The molecule has 0 N–H and O–H groups in total. The highest BCUT2D eigenvalue weighted by atomic mass is 32.1. The summed E-state index contributed by atoms with van der Waals surface area (Å²) in [7, 11) is 0. The second-order valence-corrected chi connectivity index (χ2v) is 8.03. The monoisotopic (exact) mass is 340 g/mol. The molecule has 4 rings (SSSR count). The molecule has 126 valence electrons. The fourth-order valence-electron chi connectivity index (χ4n) is 4.16. The number of nitrogens with zero attached hydrogens (tertiary/aromatic N) is 2. The molecule has 1 fully saturated rings.